The Kier molecular flexibility index (Phi) is 6.50. The predicted molar refractivity (Wildman–Crippen MR) is 124 cm³/mol. The molecule has 2 aliphatic heterocycles. The minimum absolute atomic E-state index is 0.101. The first kappa shape index (κ1) is 23.6. The van der Waals surface area contributed by atoms with Crippen LogP contribution < -0.4 is 4.74 Å². The maximum atomic E-state index is 13.8. The summed E-state index contributed by atoms with van der Waals surface area (Å²) in [6.45, 7) is 5.95. The lowest BCUT2D eigenvalue weighted by atomic mass is 9.87. The largest absolute Gasteiger partial charge is 0.497 e. The van der Waals surface area contributed by atoms with Crippen molar-refractivity contribution < 1.29 is 28.6 Å². The molecule has 0 aromatic heterocycles. The predicted octanol–water partition coefficient (Wildman–Crippen LogP) is 4.37. The Hall–Kier alpha value is -3.55. The van der Waals surface area contributed by atoms with E-state index in [9.17, 15) is 14.4 Å². The summed E-state index contributed by atoms with van der Waals surface area (Å²) in [6, 6.07) is 16.3. The van der Waals surface area contributed by atoms with Crippen molar-refractivity contribution >= 4 is 18.1 Å². The standard InChI is InChI=1S/C26H30N2O6/c1-26(2,3)34-24(30)27-14-20(17-10-12-19(32-4)13-11-17)21(15-27)23(29)28-22(16-33-25(28)31)18-8-6-5-7-9-18/h5-13,20-22H,14-16H2,1-4H3/t20-,21-,22+/m1/s1. The van der Waals surface area contributed by atoms with Gasteiger partial charge in [-0.15, -0.1) is 0 Å². The Morgan fingerprint density at radius 3 is 2.26 bits per heavy atom. The van der Waals surface area contributed by atoms with Crippen LogP contribution in [0.5, 0.6) is 5.75 Å². The zero-order valence-electron chi connectivity index (χ0n) is 19.9. The Morgan fingerprint density at radius 1 is 0.971 bits per heavy atom. The highest BCUT2D eigenvalue weighted by Crippen LogP contribution is 2.38. The Labute approximate surface area is 199 Å². The van der Waals surface area contributed by atoms with Crippen LogP contribution in [0.25, 0.3) is 0 Å². The second-order valence-electron chi connectivity index (χ2n) is 9.58. The summed E-state index contributed by atoms with van der Waals surface area (Å²) < 4.78 is 16.1. The number of amides is 3. The summed E-state index contributed by atoms with van der Waals surface area (Å²) in [6.07, 6.45) is -1.15. The molecule has 8 nitrogen and oxygen atoms in total. The molecule has 2 saturated heterocycles. The van der Waals surface area contributed by atoms with Crippen molar-refractivity contribution in [2.75, 3.05) is 26.8 Å². The summed E-state index contributed by atoms with van der Waals surface area (Å²) in [5.41, 5.74) is 1.05. The smallest absolute Gasteiger partial charge is 0.417 e. The maximum absolute atomic E-state index is 13.8. The molecule has 34 heavy (non-hydrogen) atoms. The first-order valence-electron chi connectivity index (χ1n) is 11.3. The number of carbonyl (C=O) groups excluding carboxylic acids is 3. The zero-order valence-corrected chi connectivity index (χ0v) is 19.9. The van der Waals surface area contributed by atoms with Gasteiger partial charge < -0.3 is 19.1 Å². The van der Waals surface area contributed by atoms with E-state index in [4.69, 9.17) is 14.2 Å². The highest BCUT2D eigenvalue weighted by molar-refractivity contribution is 5.96. The molecule has 0 aliphatic carbocycles. The highest BCUT2D eigenvalue weighted by Gasteiger charge is 2.48. The van der Waals surface area contributed by atoms with Crippen LogP contribution in [-0.2, 0) is 14.3 Å². The Balaban J connectivity index is 1.64. The Bertz CT molecular complexity index is 1050. The molecular formula is C26H30N2O6. The molecule has 180 valence electrons. The van der Waals surface area contributed by atoms with Gasteiger partial charge in [0.05, 0.1) is 13.0 Å². The van der Waals surface area contributed by atoms with Crippen LogP contribution in [0.2, 0.25) is 0 Å². The second kappa shape index (κ2) is 9.37. The van der Waals surface area contributed by atoms with Crippen molar-refractivity contribution in [1.29, 1.82) is 0 Å². The highest BCUT2D eigenvalue weighted by atomic mass is 16.6. The van der Waals surface area contributed by atoms with Gasteiger partial charge in [-0.05, 0) is 44.0 Å². The van der Waals surface area contributed by atoms with Crippen LogP contribution in [0.1, 0.15) is 43.9 Å². The normalized spacial score (nSPS) is 22.5. The van der Waals surface area contributed by atoms with E-state index in [1.54, 1.807) is 32.8 Å². The second-order valence-corrected chi connectivity index (χ2v) is 9.58. The molecule has 0 radical (unpaired) electrons. The summed E-state index contributed by atoms with van der Waals surface area (Å²) >= 11 is 0. The average molecular weight is 467 g/mol. The number of methoxy groups -OCH3 is 1. The number of imide groups is 1. The molecule has 0 bridgehead atoms. The van der Waals surface area contributed by atoms with Crippen molar-refractivity contribution in [2.45, 2.75) is 38.3 Å². The molecule has 0 unspecified atom stereocenters. The number of rotatable bonds is 4. The van der Waals surface area contributed by atoms with E-state index in [0.29, 0.717) is 12.3 Å². The molecular weight excluding hydrogens is 436 g/mol. The topological polar surface area (TPSA) is 85.4 Å². The molecule has 3 atom stereocenters. The van der Waals surface area contributed by atoms with Crippen molar-refractivity contribution in [3.8, 4) is 5.75 Å². The number of hydrogen-bond donors (Lipinski definition) is 0. The van der Waals surface area contributed by atoms with Gasteiger partial charge in [-0.25, -0.2) is 14.5 Å². The van der Waals surface area contributed by atoms with E-state index in [2.05, 4.69) is 0 Å². The molecule has 2 aromatic carbocycles. The van der Waals surface area contributed by atoms with Gasteiger partial charge in [0.15, 0.2) is 0 Å². The van der Waals surface area contributed by atoms with Gasteiger partial charge in [-0.3, -0.25) is 4.79 Å². The van der Waals surface area contributed by atoms with E-state index in [1.807, 2.05) is 54.6 Å². The van der Waals surface area contributed by atoms with Crippen molar-refractivity contribution in [3.05, 3.63) is 65.7 Å². The molecule has 3 amide bonds. The van der Waals surface area contributed by atoms with Gasteiger partial charge >= 0.3 is 12.2 Å². The van der Waals surface area contributed by atoms with Crippen molar-refractivity contribution in [1.82, 2.24) is 9.80 Å². The Morgan fingerprint density at radius 2 is 1.65 bits per heavy atom. The minimum Gasteiger partial charge on any atom is -0.497 e. The summed E-state index contributed by atoms with van der Waals surface area (Å²) in [7, 11) is 1.59. The number of hydrogen-bond acceptors (Lipinski definition) is 6. The molecule has 2 heterocycles. The fourth-order valence-corrected chi connectivity index (χ4v) is 4.48. The van der Waals surface area contributed by atoms with Crippen LogP contribution in [0.15, 0.2) is 54.6 Å². The van der Waals surface area contributed by atoms with Gasteiger partial charge in [-0.1, -0.05) is 42.5 Å². The fourth-order valence-electron chi connectivity index (χ4n) is 4.48. The number of benzene rings is 2. The average Bonchev–Trinajstić information content (AvgIpc) is 3.43. The van der Waals surface area contributed by atoms with E-state index < -0.39 is 29.7 Å². The van der Waals surface area contributed by atoms with Crippen LogP contribution >= 0.6 is 0 Å². The number of likely N-dealkylation sites (tertiary alicyclic amines) is 1. The molecule has 0 spiro atoms. The van der Waals surface area contributed by atoms with Crippen molar-refractivity contribution in [3.63, 3.8) is 0 Å². The van der Waals surface area contributed by atoms with Gasteiger partial charge in [0.25, 0.3) is 0 Å². The third-order valence-electron chi connectivity index (χ3n) is 6.13. The maximum Gasteiger partial charge on any atom is 0.417 e. The summed E-state index contributed by atoms with van der Waals surface area (Å²) in [5.74, 6) is -0.599. The minimum atomic E-state index is -0.664. The number of carbonyl (C=O) groups is 3. The van der Waals surface area contributed by atoms with Crippen LogP contribution in [0.3, 0.4) is 0 Å². The number of cyclic esters (lactones) is 1. The first-order valence-corrected chi connectivity index (χ1v) is 11.3. The molecule has 2 aromatic rings. The van der Waals surface area contributed by atoms with Crippen LogP contribution in [0.4, 0.5) is 9.59 Å². The number of nitrogens with zero attached hydrogens (tertiary/aromatic N) is 2. The lowest BCUT2D eigenvalue weighted by molar-refractivity contribution is -0.133. The van der Waals surface area contributed by atoms with E-state index in [0.717, 1.165) is 11.1 Å². The lowest BCUT2D eigenvalue weighted by Gasteiger charge is -2.26. The molecule has 4 rings (SSSR count). The van der Waals surface area contributed by atoms with Crippen molar-refractivity contribution in [2.24, 2.45) is 5.92 Å². The van der Waals surface area contributed by atoms with Crippen LogP contribution in [0, 0.1) is 5.92 Å². The molecule has 8 heteroatoms. The van der Waals surface area contributed by atoms with E-state index >= 15 is 0 Å². The van der Waals surface area contributed by atoms with Gasteiger partial charge in [-0.2, -0.15) is 0 Å². The summed E-state index contributed by atoms with van der Waals surface area (Å²) in [4.78, 5) is 42.1. The van der Waals surface area contributed by atoms with E-state index in [-0.39, 0.29) is 25.0 Å². The fraction of sp³-hybridized carbons (Fsp3) is 0.423. The molecule has 2 fully saturated rings. The van der Waals surface area contributed by atoms with Crippen LogP contribution in [-0.4, -0.2) is 60.3 Å². The third kappa shape index (κ3) is 4.85. The zero-order chi connectivity index (χ0) is 24.5. The monoisotopic (exact) mass is 466 g/mol. The molecule has 0 saturated carbocycles. The number of ether oxygens (including phenoxy) is 3. The van der Waals surface area contributed by atoms with Gasteiger partial charge in [0.1, 0.15) is 24.0 Å². The SMILES string of the molecule is COc1ccc([C@H]2CN(C(=O)OC(C)(C)C)C[C@H]2C(=O)N2C(=O)OC[C@H]2c2ccccc2)cc1. The summed E-state index contributed by atoms with van der Waals surface area (Å²) in [5, 5.41) is 0. The van der Waals surface area contributed by atoms with Gasteiger partial charge in [0, 0.05) is 19.0 Å². The molecule has 2 aliphatic rings. The quantitative estimate of drug-likeness (QED) is 0.665. The van der Waals surface area contributed by atoms with E-state index in [1.165, 1.54) is 4.90 Å². The molecule has 0 N–H and O–H groups in total. The third-order valence-corrected chi connectivity index (χ3v) is 6.13. The van der Waals surface area contributed by atoms with Gasteiger partial charge in [0.2, 0.25) is 5.91 Å². The first-order chi connectivity index (χ1) is 16.2. The lowest BCUT2D eigenvalue weighted by Crippen LogP contribution is -2.41.